The number of aliphatic carboxylic acids is 1. The van der Waals surface area contributed by atoms with E-state index >= 15 is 0 Å². The minimum absolute atomic E-state index is 0.221. The molecule has 1 aliphatic heterocycles. The molecule has 0 saturated carbocycles. The van der Waals surface area contributed by atoms with Crippen LogP contribution in [0.4, 0.5) is 4.79 Å². The lowest BCUT2D eigenvalue weighted by molar-refractivity contribution is -0.139. The van der Waals surface area contributed by atoms with Crippen LogP contribution >= 0.6 is 11.8 Å². The molecule has 1 saturated heterocycles. The first-order valence-corrected chi connectivity index (χ1v) is 8.39. The molecule has 4 N–H and O–H groups in total. The third-order valence-electron chi connectivity index (χ3n) is 3.60. The fourth-order valence-electron chi connectivity index (χ4n) is 2.36. The van der Waals surface area contributed by atoms with E-state index in [0.717, 1.165) is 12.8 Å². The minimum Gasteiger partial charge on any atom is -0.480 e. The molecule has 0 spiro atoms. The molecule has 0 radical (unpaired) electrons. The van der Waals surface area contributed by atoms with Gasteiger partial charge in [-0.3, -0.25) is 4.79 Å². The number of nitrogens with one attached hydrogen (secondary N) is 1. The van der Waals surface area contributed by atoms with Crippen LogP contribution in [0.1, 0.15) is 25.7 Å². The summed E-state index contributed by atoms with van der Waals surface area (Å²) in [6.07, 6.45) is 4.09. The maximum absolute atomic E-state index is 12.1. The third kappa shape index (κ3) is 6.24. The molecule has 0 aromatic carbocycles. The van der Waals surface area contributed by atoms with Crippen LogP contribution in [-0.4, -0.2) is 59.1 Å². The molecule has 1 rings (SSSR count). The summed E-state index contributed by atoms with van der Waals surface area (Å²) >= 11 is 1.54. The van der Waals surface area contributed by atoms with Crippen LogP contribution in [-0.2, 0) is 9.59 Å². The first-order valence-electron chi connectivity index (χ1n) is 6.99. The monoisotopic (exact) mass is 317 g/mol. The lowest BCUT2D eigenvalue weighted by Gasteiger charge is -2.32. The highest BCUT2D eigenvalue weighted by Gasteiger charge is 2.27. The van der Waals surface area contributed by atoms with E-state index in [1.165, 1.54) is 0 Å². The number of hydrogen-bond donors (Lipinski definition) is 3. The summed E-state index contributed by atoms with van der Waals surface area (Å²) in [7, 11) is 0. The number of carbonyl (C=O) groups excluding carboxylic acids is 2. The molecule has 0 aromatic heterocycles. The SMILES string of the molecule is CSCC[C@H](NC(=O)N1CCC(CC(N)=O)CC1)C(=O)O. The Hall–Kier alpha value is -1.44. The van der Waals surface area contributed by atoms with Crippen molar-refractivity contribution in [3.8, 4) is 0 Å². The van der Waals surface area contributed by atoms with Gasteiger partial charge in [-0.05, 0) is 37.2 Å². The van der Waals surface area contributed by atoms with Gasteiger partial charge >= 0.3 is 12.0 Å². The average Bonchev–Trinajstić information content (AvgIpc) is 2.43. The largest absolute Gasteiger partial charge is 0.480 e. The number of likely N-dealkylation sites (tertiary alicyclic amines) is 1. The zero-order valence-corrected chi connectivity index (χ0v) is 13.0. The molecule has 1 heterocycles. The van der Waals surface area contributed by atoms with E-state index in [2.05, 4.69) is 5.32 Å². The molecule has 1 aliphatic rings. The Kier molecular flexibility index (Phi) is 7.35. The Morgan fingerprint density at radius 1 is 1.38 bits per heavy atom. The van der Waals surface area contributed by atoms with Gasteiger partial charge in [0, 0.05) is 19.5 Å². The van der Waals surface area contributed by atoms with Crippen LogP contribution in [0.3, 0.4) is 0 Å². The van der Waals surface area contributed by atoms with Gasteiger partial charge < -0.3 is 21.1 Å². The molecule has 7 nitrogen and oxygen atoms in total. The number of thioether (sulfide) groups is 1. The highest BCUT2D eigenvalue weighted by Crippen LogP contribution is 2.20. The Morgan fingerprint density at radius 3 is 2.48 bits per heavy atom. The fraction of sp³-hybridized carbons (Fsp3) is 0.769. The first kappa shape index (κ1) is 17.6. The lowest BCUT2D eigenvalue weighted by atomic mass is 9.93. The van der Waals surface area contributed by atoms with Crippen LogP contribution in [0.15, 0.2) is 0 Å². The van der Waals surface area contributed by atoms with Crippen molar-refractivity contribution in [2.24, 2.45) is 11.7 Å². The van der Waals surface area contributed by atoms with Gasteiger partial charge in [0.1, 0.15) is 6.04 Å². The van der Waals surface area contributed by atoms with Gasteiger partial charge in [-0.15, -0.1) is 0 Å². The van der Waals surface area contributed by atoms with Crippen molar-refractivity contribution in [3.05, 3.63) is 0 Å². The van der Waals surface area contributed by atoms with Gasteiger partial charge in [0.2, 0.25) is 5.91 Å². The molecule has 1 atom stereocenters. The van der Waals surface area contributed by atoms with E-state index in [1.807, 2.05) is 6.26 Å². The van der Waals surface area contributed by atoms with Crippen molar-refractivity contribution in [3.63, 3.8) is 0 Å². The second-order valence-electron chi connectivity index (χ2n) is 5.22. The zero-order chi connectivity index (χ0) is 15.8. The van der Waals surface area contributed by atoms with Crippen LogP contribution in [0, 0.1) is 5.92 Å². The molecule has 3 amide bonds. The Bertz CT molecular complexity index is 384. The number of carboxylic acids is 1. The molecule has 120 valence electrons. The molecule has 0 bridgehead atoms. The smallest absolute Gasteiger partial charge is 0.326 e. The minimum atomic E-state index is -1.01. The summed E-state index contributed by atoms with van der Waals surface area (Å²) in [5.74, 6) is -0.432. The molecule has 0 aromatic rings. The molecular formula is C13H23N3O4S. The van der Waals surface area contributed by atoms with E-state index in [0.29, 0.717) is 31.7 Å². The number of piperidine rings is 1. The van der Waals surface area contributed by atoms with Crippen LogP contribution in [0.25, 0.3) is 0 Å². The van der Waals surface area contributed by atoms with Gasteiger partial charge in [-0.2, -0.15) is 11.8 Å². The topological polar surface area (TPSA) is 113 Å². The molecule has 0 unspecified atom stereocenters. The number of primary amides is 1. The predicted octanol–water partition coefficient (Wildman–Crippen LogP) is 0.490. The highest BCUT2D eigenvalue weighted by atomic mass is 32.2. The standard InChI is InChI=1S/C13H23N3O4S/c1-21-7-4-10(12(18)19)15-13(20)16-5-2-9(3-6-16)8-11(14)17/h9-10H,2-8H2,1H3,(H2,14,17)(H,15,20)(H,18,19)/t10-/m0/s1. The Morgan fingerprint density at radius 2 is 2.00 bits per heavy atom. The normalized spacial score (nSPS) is 17.3. The van der Waals surface area contributed by atoms with Crippen molar-refractivity contribution in [2.45, 2.75) is 31.7 Å². The molecular weight excluding hydrogens is 294 g/mol. The van der Waals surface area contributed by atoms with Gasteiger partial charge in [0.25, 0.3) is 0 Å². The number of rotatable bonds is 7. The number of amides is 3. The summed E-state index contributed by atoms with van der Waals surface area (Å²) in [4.78, 5) is 35.6. The van der Waals surface area contributed by atoms with E-state index in [4.69, 9.17) is 10.8 Å². The zero-order valence-electron chi connectivity index (χ0n) is 12.2. The number of carbonyl (C=O) groups is 3. The highest BCUT2D eigenvalue weighted by molar-refractivity contribution is 7.98. The van der Waals surface area contributed by atoms with Crippen molar-refractivity contribution >= 4 is 29.7 Å². The number of nitrogens with two attached hydrogens (primary N) is 1. The van der Waals surface area contributed by atoms with Crippen LogP contribution in [0.2, 0.25) is 0 Å². The summed E-state index contributed by atoms with van der Waals surface area (Å²) in [5, 5.41) is 11.7. The number of carboxylic acid groups (broad SMARTS) is 1. The summed E-state index contributed by atoms with van der Waals surface area (Å²) in [6.45, 7) is 1.05. The van der Waals surface area contributed by atoms with E-state index in [1.54, 1.807) is 16.7 Å². The van der Waals surface area contributed by atoms with Gasteiger partial charge in [-0.25, -0.2) is 9.59 Å². The number of hydrogen-bond acceptors (Lipinski definition) is 4. The maximum Gasteiger partial charge on any atom is 0.326 e. The molecule has 21 heavy (non-hydrogen) atoms. The van der Waals surface area contributed by atoms with Crippen molar-refractivity contribution in [2.75, 3.05) is 25.1 Å². The van der Waals surface area contributed by atoms with Gasteiger partial charge in [0.15, 0.2) is 0 Å². The quantitative estimate of drug-likeness (QED) is 0.632. The van der Waals surface area contributed by atoms with Crippen LogP contribution in [0.5, 0.6) is 0 Å². The summed E-state index contributed by atoms with van der Waals surface area (Å²) in [5.41, 5.74) is 5.16. The maximum atomic E-state index is 12.1. The first-order chi connectivity index (χ1) is 9.93. The second-order valence-corrected chi connectivity index (χ2v) is 6.21. The molecule has 1 fully saturated rings. The third-order valence-corrected chi connectivity index (χ3v) is 4.24. The summed E-state index contributed by atoms with van der Waals surface area (Å²) in [6, 6.07) is -1.20. The van der Waals surface area contributed by atoms with Gasteiger partial charge in [0.05, 0.1) is 0 Å². The predicted molar refractivity (Wildman–Crippen MR) is 81.1 cm³/mol. The van der Waals surface area contributed by atoms with Crippen molar-refractivity contribution in [1.29, 1.82) is 0 Å². The Labute approximate surface area is 128 Å². The van der Waals surface area contributed by atoms with E-state index < -0.39 is 12.0 Å². The second kappa shape index (κ2) is 8.76. The molecule has 8 heteroatoms. The summed E-state index contributed by atoms with van der Waals surface area (Å²) < 4.78 is 0. The number of urea groups is 1. The van der Waals surface area contributed by atoms with Gasteiger partial charge in [-0.1, -0.05) is 0 Å². The lowest BCUT2D eigenvalue weighted by Crippen LogP contribution is -2.50. The van der Waals surface area contributed by atoms with Crippen molar-refractivity contribution in [1.82, 2.24) is 10.2 Å². The average molecular weight is 317 g/mol. The Balaban J connectivity index is 2.41. The van der Waals surface area contributed by atoms with Crippen molar-refractivity contribution < 1.29 is 19.5 Å². The van der Waals surface area contributed by atoms with E-state index in [9.17, 15) is 14.4 Å². The number of nitrogens with zero attached hydrogens (tertiary/aromatic N) is 1. The molecule has 0 aliphatic carbocycles. The van der Waals surface area contributed by atoms with Crippen LogP contribution < -0.4 is 11.1 Å². The fourth-order valence-corrected chi connectivity index (χ4v) is 2.83. The van der Waals surface area contributed by atoms with E-state index in [-0.39, 0.29) is 17.9 Å².